The van der Waals surface area contributed by atoms with Crippen molar-refractivity contribution in [2.75, 3.05) is 5.75 Å². The first-order valence-corrected chi connectivity index (χ1v) is 10.2. The molecular weight excluding hydrogens is 232 g/mol. The van der Waals surface area contributed by atoms with E-state index in [2.05, 4.69) is 63.8 Å². The molecule has 1 unspecified atom stereocenters. The average Bonchev–Trinajstić information content (AvgIpc) is 2.16. The zero-order valence-electron chi connectivity index (χ0n) is 10.9. The summed E-state index contributed by atoms with van der Waals surface area (Å²) < 4.78 is 6.35. The maximum atomic E-state index is 6.35. The Morgan fingerprint density at radius 3 is 2.19 bits per heavy atom. The minimum Gasteiger partial charge on any atom is -0.400 e. The summed E-state index contributed by atoms with van der Waals surface area (Å²) in [5.41, 5.74) is 1.27. The lowest BCUT2D eigenvalue weighted by Crippen LogP contribution is -2.36. The van der Waals surface area contributed by atoms with Crippen molar-refractivity contribution >= 4 is 20.1 Å². The number of thioether (sulfide) groups is 1. The lowest BCUT2D eigenvalue weighted by Gasteiger charge is -2.36. The molecule has 0 saturated heterocycles. The third-order valence-corrected chi connectivity index (χ3v) is 4.55. The standard InChI is InChI=1S/C13H22OSSi/c1-6-15-13(2,14-16(3,4)5)12-10-8-7-9-11-12/h7-11H,6H2,1-5H3. The average molecular weight is 254 g/mol. The van der Waals surface area contributed by atoms with Gasteiger partial charge in [0, 0.05) is 0 Å². The summed E-state index contributed by atoms with van der Waals surface area (Å²) in [5, 5.41) is 0. The van der Waals surface area contributed by atoms with E-state index in [-0.39, 0.29) is 4.93 Å². The number of hydrogen-bond donors (Lipinski definition) is 0. The lowest BCUT2D eigenvalue weighted by molar-refractivity contribution is 0.180. The first-order chi connectivity index (χ1) is 7.37. The Morgan fingerprint density at radius 2 is 1.75 bits per heavy atom. The minimum atomic E-state index is -1.53. The molecule has 0 saturated carbocycles. The van der Waals surface area contributed by atoms with E-state index in [0.29, 0.717) is 0 Å². The Kier molecular flexibility index (Phi) is 4.65. The molecule has 1 rings (SSSR count). The van der Waals surface area contributed by atoms with Crippen molar-refractivity contribution < 1.29 is 4.43 Å². The normalized spacial score (nSPS) is 15.8. The van der Waals surface area contributed by atoms with E-state index in [9.17, 15) is 0 Å². The van der Waals surface area contributed by atoms with Gasteiger partial charge in [-0.15, -0.1) is 11.8 Å². The van der Waals surface area contributed by atoms with E-state index < -0.39 is 8.32 Å². The van der Waals surface area contributed by atoms with Gasteiger partial charge in [-0.25, -0.2) is 0 Å². The van der Waals surface area contributed by atoms with Crippen molar-refractivity contribution in [1.29, 1.82) is 0 Å². The fraction of sp³-hybridized carbons (Fsp3) is 0.538. The van der Waals surface area contributed by atoms with Crippen LogP contribution in [0.5, 0.6) is 0 Å². The second kappa shape index (κ2) is 5.39. The van der Waals surface area contributed by atoms with Crippen molar-refractivity contribution in [1.82, 2.24) is 0 Å². The Hall–Kier alpha value is -0.253. The van der Waals surface area contributed by atoms with Gasteiger partial charge >= 0.3 is 0 Å². The summed E-state index contributed by atoms with van der Waals surface area (Å²) >= 11 is 1.87. The first kappa shape index (κ1) is 13.8. The SMILES string of the molecule is CCSC(C)(O[Si](C)(C)C)c1ccccc1. The van der Waals surface area contributed by atoms with Gasteiger partial charge in [-0.2, -0.15) is 0 Å². The van der Waals surface area contributed by atoms with Crippen LogP contribution < -0.4 is 0 Å². The molecule has 0 amide bonds. The first-order valence-electron chi connectivity index (χ1n) is 5.77. The molecular formula is C13H22OSSi. The maximum Gasteiger partial charge on any atom is 0.186 e. The van der Waals surface area contributed by atoms with Crippen LogP contribution in [0.4, 0.5) is 0 Å². The van der Waals surface area contributed by atoms with Gasteiger partial charge in [-0.1, -0.05) is 37.3 Å². The zero-order chi connectivity index (χ0) is 12.2. The third-order valence-electron chi connectivity index (χ3n) is 2.22. The van der Waals surface area contributed by atoms with E-state index in [1.807, 2.05) is 11.8 Å². The minimum absolute atomic E-state index is 0.194. The molecule has 0 N–H and O–H groups in total. The Balaban J connectivity index is 2.97. The van der Waals surface area contributed by atoms with Crippen LogP contribution in [-0.4, -0.2) is 14.1 Å². The van der Waals surface area contributed by atoms with Crippen molar-refractivity contribution in [3.63, 3.8) is 0 Å². The molecule has 0 aliphatic carbocycles. The second-order valence-electron chi connectivity index (χ2n) is 4.96. The molecule has 1 nitrogen and oxygen atoms in total. The molecule has 1 atom stereocenters. The highest BCUT2D eigenvalue weighted by atomic mass is 32.2. The van der Waals surface area contributed by atoms with Gasteiger partial charge < -0.3 is 4.43 Å². The largest absolute Gasteiger partial charge is 0.400 e. The van der Waals surface area contributed by atoms with Gasteiger partial charge in [0.1, 0.15) is 4.93 Å². The van der Waals surface area contributed by atoms with Gasteiger partial charge in [0.2, 0.25) is 0 Å². The summed E-state index contributed by atoms with van der Waals surface area (Å²) in [4.78, 5) is -0.194. The van der Waals surface area contributed by atoms with Gasteiger partial charge in [0.05, 0.1) is 0 Å². The van der Waals surface area contributed by atoms with E-state index >= 15 is 0 Å². The van der Waals surface area contributed by atoms with Crippen LogP contribution in [0, 0.1) is 0 Å². The molecule has 0 aliphatic rings. The van der Waals surface area contributed by atoms with Crippen LogP contribution in [0.2, 0.25) is 19.6 Å². The van der Waals surface area contributed by atoms with Crippen molar-refractivity contribution in [3.8, 4) is 0 Å². The van der Waals surface area contributed by atoms with E-state index in [1.165, 1.54) is 5.56 Å². The van der Waals surface area contributed by atoms with Gasteiger partial charge in [0.25, 0.3) is 0 Å². The molecule has 90 valence electrons. The van der Waals surface area contributed by atoms with E-state index in [1.54, 1.807) is 0 Å². The Morgan fingerprint density at radius 1 is 1.19 bits per heavy atom. The Labute approximate surface area is 105 Å². The molecule has 0 fully saturated rings. The summed E-state index contributed by atoms with van der Waals surface area (Å²) in [6, 6.07) is 10.5. The number of benzene rings is 1. The van der Waals surface area contributed by atoms with Crippen LogP contribution in [0.1, 0.15) is 19.4 Å². The van der Waals surface area contributed by atoms with Crippen molar-refractivity contribution in [2.45, 2.75) is 38.4 Å². The van der Waals surface area contributed by atoms with Gasteiger partial charge in [-0.3, -0.25) is 0 Å². The maximum absolute atomic E-state index is 6.35. The molecule has 0 aliphatic heterocycles. The molecule has 0 heterocycles. The molecule has 0 bridgehead atoms. The summed E-state index contributed by atoms with van der Waals surface area (Å²) in [6.45, 7) is 11.1. The van der Waals surface area contributed by atoms with Crippen LogP contribution in [0.25, 0.3) is 0 Å². The topological polar surface area (TPSA) is 9.23 Å². The molecule has 1 aromatic rings. The number of rotatable bonds is 5. The van der Waals surface area contributed by atoms with Crippen LogP contribution in [-0.2, 0) is 9.36 Å². The molecule has 3 heteroatoms. The van der Waals surface area contributed by atoms with Crippen LogP contribution >= 0.6 is 11.8 Å². The van der Waals surface area contributed by atoms with Gasteiger partial charge in [0.15, 0.2) is 8.32 Å². The predicted octanol–water partition coefficient (Wildman–Crippen LogP) is 4.46. The highest BCUT2D eigenvalue weighted by Crippen LogP contribution is 2.39. The fourth-order valence-corrected chi connectivity index (χ4v) is 4.90. The lowest BCUT2D eigenvalue weighted by atomic mass is 10.1. The molecule has 0 radical (unpaired) electrons. The molecule has 16 heavy (non-hydrogen) atoms. The monoisotopic (exact) mass is 254 g/mol. The van der Waals surface area contributed by atoms with Gasteiger partial charge in [-0.05, 0) is 37.9 Å². The van der Waals surface area contributed by atoms with E-state index in [0.717, 1.165) is 5.75 Å². The van der Waals surface area contributed by atoms with Crippen molar-refractivity contribution in [3.05, 3.63) is 35.9 Å². The molecule has 1 aromatic carbocycles. The highest BCUT2D eigenvalue weighted by Gasteiger charge is 2.33. The quantitative estimate of drug-likeness (QED) is 0.566. The third kappa shape index (κ3) is 3.96. The zero-order valence-corrected chi connectivity index (χ0v) is 12.7. The molecule has 0 spiro atoms. The second-order valence-corrected chi connectivity index (χ2v) is 11.0. The van der Waals surface area contributed by atoms with E-state index in [4.69, 9.17) is 4.43 Å². The van der Waals surface area contributed by atoms with Crippen LogP contribution in [0.3, 0.4) is 0 Å². The molecule has 0 aromatic heterocycles. The summed E-state index contributed by atoms with van der Waals surface area (Å²) in [7, 11) is -1.53. The number of hydrogen-bond acceptors (Lipinski definition) is 2. The fourth-order valence-electron chi connectivity index (χ4n) is 1.77. The highest BCUT2D eigenvalue weighted by molar-refractivity contribution is 8.00. The predicted molar refractivity (Wildman–Crippen MR) is 76.4 cm³/mol. The smallest absolute Gasteiger partial charge is 0.186 e. The van der Waals surface area contributed by atoms with Crippen molar-refractivity contribution in [2.24, 2.45) is 0 Å². The summed E-state index contributed by atoms with van der Waals surface area (Å²) in [6.07, 6.45) is 0. The summed E-state index contributed by atoms with van der Waals surface area (Å²) in [5.74, 6) is 1.07. The Bertz CT molecular complexity index is 320. The van der Waals surface area contributed by atoms with Crippen LogP contribution in [0.15, 0.2) is 30.3 Å².